The van der Waals surface area contributed by atoms with Crippen LogP contribution in [0, 0.1) is 0 Å². The largest absolute Gasteiger partial charge is 0.497 e. The molecule has 1 heterocycles. The van der Waals surface area contributed by atoms with Gasteiger partial charge in [0.05, 0.1) is 13.2 Å². The van der Waals surface area contributed by atoms with Crippen molar-refractivity contribution in [3.05, 3.63) is 89.1 Å². The normalized spacial score (nSPS) is 13.8. The molecule has 1 saturated carbocycles. The number of nitrogens with zero attached hydrogens (tertiary/aromatic N) is 1. The molecule has 0 saturated heterocycles. The zero-order valence-electron chi connectivity index (χ0n) is 21.5. The van der Waals surface area contributed by atoms with E-state index in [9.17, 15) is 9.90 Å². The summed E-state index contributed by atoms with van der Waals surface area (Å²) in [6, 6.07) is 23.4. The quantitative estimate of drug-likeness (QED) is 0.343. The summed E-state index contributed by atoms with van der Waals surface area (Å²) in [5.74, 6) is -0.160. The van der Waals surface area contributed by atoms with Crippen molar-refractivity contribution in [1.82, 2.24) is 4.57 Å². The lowest BCUT2D eigenvalue weighted by molar-refractivity contribution is -0.683. The molecule has 5 rings (SSSR count). The third-order valence-electron chi connectivity index (χ3n) is 7.15. The molecule has 3 N–H and O–H groups in total. The van der Waals surface area contributed by atoms with Crippen molar-refractivity contribution >= 4 is 16.9 Å². The molecule has 5 heteroatoms. The summed E-state index contributed by atoms with van der Waals surface area (Å²) in [5.41, 5.74) is 6.43. The lowest BCUT2D eigenvalue weighted by Gasteiger charge is -2.19. The standard InChI is InChI=1S/C31H34N2O3/c1-31(2,3)23-11-9-22(10-12-23)28-26-17-20(18-32-24-13-14-24)8-15-27(26)33(29(28)30(34)35)19-21-6-5-7-25(16-21)36-4/h5-12,15-17,24,32H,13-14,18-19H2,1-4H3,(H,34,35)/p+1. The molecule has 1 aliphatic carbocycles. The molecule has 3 aromatic carbocycles. The Hall–Kier alpha value is -3.57. The van der Waals surface area contributed by atoms with Gasteiger partial charge in [0, 0.05) is 41.4 Å². The first-order valence-corrected chi connectivity index (χ1v) is 12.7. The minimum absolute atomic E-state index is 0.0281. The monoisotopic (exact) mass is 483 g/mol. The van der Waals surface area contributed by atoms with Gasteiger partial charge in [-0.3, -0.25) is 0 Å². The molecule has 4 aromatic rings. The van der Waals surface area contributed by atoms with Gasteiger partial charge < -0.3 is 19.7 Å². The molecule has 36 heavy (non-hydrogen) atoms. The van der Waals surface area contributed by atoms with Gasteiger partial charge in [-0.1, -0.05) is 63.2 Å². The van der Waals surface area contributed by atoms with Crippen LogP contribution in [0.3, 0.4) is 0 Å². The highest BCUT2D eigenvalue weighted by atomic mass is 16.5. The van der Waals surface area contributed by atoms with Crippen LogP contribution in [-0.4, -0.2) is 28.8 Å². The van der Waals surface area contributed by atoms with E-state index in [2.05, 4.69) is 68.6 Å². The molecule has 0 aliphatic heterocycles. The number of methoxy groups -OCH3 is 1. The molecule has 0 amide bonds. The molecule has 1 aromatic heterocycles. The summed E-state index contributed by atoms with van der Waals surface area (Å²) in [6.07, 6.45) is 2.57. The van der Waals surface area contributed by atoms with Crippen LogP contribution in [0.2, 0.25) is 0 Å². The van der Waals surface area contributed by atoms with Gasteiger partial charge in [-0.05, 0) is 46.4 Å². The lowest BCUT2D eigenvalue weighted by Crippen LogP contribution is -2.84. The molecule has 1 fully saturated rings. The van der Waals surface area contributed by atoms with E-state index < -0.39 is 5.97 Å². The Morgan fingerprint density at radius 2 is 1.78 bits per heavy atom. The summed E-state index contributed by atoms with van der Waals surface area (Å²) in [5, 5.41) is 13.9. The third kappa shape index (κ3) is 4.89. The highest BCUT2D eigenvalue weighted by molar-refractivity contribution is 6.08. The van der Waals surface area contributed by atoms with E-state index in [1.807, 2.05) is 28.8 Å². The van der Waals surface area contributed by atoms with E-state index >= 15 is 0 Å². The number of hydrogen-bond acceptors (Lipinski definition) is 2. The number of carbonyl (C=O) groups is 1. The van der Waals surface area contributed by atoms with E-state index in [-0.39, 0.29) is 5.41 Å². The van der Waals surface area contributed by atoms with Crippen LogP contribution in [-0.2, 0) is 18.5 Å². The van der Waals surface area contributed by atoms with E-state index in [1.54, 1.807) is 7.11 Å². The minimum atomic E-state index is -0.921. The Balaban J connectivity index is 1.68. The lowest BCUT2D eigenvalue weighted by atomic mass is 9.86. The number of carboxylic acids is 1. The number of quaternary nitrogens is 1. The predicted molar refractivity (Wildman–Crippen MR) is 144 cm³/mol. The Bertz CT molecular complexity index is 1410. The van der Waals surface area contributed by atoms with Crippen LogP contribution in [0.5, 0.6) is 5.75 Å². The zero-order chi connectivity index (χ0) is 25.4. The summed E-state index contributed by atoms with van der Waals surface area (Å²) < 4.78 is 7.35. The molecule has 0 radical (unpaired) electrons. The number of ether oxygens (including phenoxy) is 1. The molecule has 1 aliphatic rings. The van der Waals surface area contributed by atoms with Crippen LogP contribution in [0.4, 0.5) is 0 Å². The summed E-state index contributed by atoms with van der Waals surface area (Å²) in [6.45, 7) is 7.92. The molecule has 0 bridgehead atoms. The van der Waals surface area contributed by atoms with Gasteiger partial charge in [0.15, 0.2) is 0 Å². The molecule has 0 spiro atoms. The Morgan fingerprint density at radius 1 is 1.03 bits per heavy atom. The van der Waals surface area contributed by atoms with Gasteiger partial charge in [0.1, 0.15) is 18.0 Å². The van der Waals surface area contributed by atoms with Gasteiger partial charge in [0.25, 0.3) is 0 Å². The van der Waals surface area contributed by atoms with Crippen molar-refractivity contribution in [2.45, 2.75) is 58.2 Å². The number of hydrogen-bond donors (Lipinski definition) is 2. The zero-order valence-corrected chi connectivity index (χ0v) is 21.5. The molecule has 0 unspecified atom stereocenters. The van der Waals surface area contributed by atoms with Gasteiger partial charge in [0.2, 0.25) is 0 Å². The Morgan fingerprint density at radius 3 is 2.42 bits per heavy atom. The second kappa shape index (κ2) is 9.47. The van der Waals surface area contributed by atoms with Crippen molar-refractivity contribution in [2.75, 3.05) is 7.11 Å². The minimum Gasteiger partial charge on any atom is -0.497 e. The maximum absolute atomic E-state index is 12.8. The first-order valence-electron chi connectivity index (χ1n) is 12.7. The number of aromatic nitrogens is 1. The van der Waals surface area contributed by atoms with Crippen LogP contribution < -0.4 is 10.1 Å². The second-order valence-corrected chi connectivity index (χ2v) is 10.9. The fraction of sp³-hybridized carbons (Fsp3) is 0.323. The summed E-state index contributed by atoms with van der Waals surface area (Å²) in [7, 11) is 1.65. The Kier molecular flexibility index (Phi) is 6.35. The number of nitrogens with two attached hydrogens (primary N) is 1. The van der Waals surface area contributed by atoms with Crippen LogP contribution in [0.25, 0.3) is 22.0 Å². The van der Waals surface area contributed by atoms with Crippen molar-refractivity contribution in [2.24, 2.45) is 0 Å². The SMILES string of the molecule is COc1cccc(Cn2c(C(=O)O)c(-c3ccc(C(C)(C)C)cc3)c3cc(C[NH2+]C4CC4)ccc32)c1. The number of aromatic carboxylic acids is 1. The maximum Gasteiger partial charge on any atom is 0.353 e. The molecule has 186 valence electrons. The number of rotatable bonds is 8. The van der Waals surface area contributed by atoms with E-state index in [4.69, 9.17) is 4.74 Å². The first kappa shape index (κ1) is 24.1. The highest BCUT2D eigenvalue weighted by Crippen LogP contribution is 2.37. The highest BCUT2D eigenvalue weighted by Gasteiger charge is 2.27. The van der Waals surface area contributed by atoms with Gasteiger partial charge in [-0.2, -0.15) is 0 Å². The van der Waals surface area contributed by atoms with Crippen LogP contribution in [0.1, 0.15) is 60.8 Å². The van der Waals surface area contributed by atoms with Crippen molar-refractivity contribution in [1.29, 1.82) is 0 Å². The number of fused-ring (bicyclic) bond motifs is 1. The summed E-state index contributed by atoms with van der Waals surface area (Å²) in [4.78, 5) is 12.8. The average molecular weight is 484 g/mol. The van der Waals surface area contributed by atoms with Gasteiger partial charge in [-0.25, -0.2) is 4.79 Å². The van der Waals surface area contributed by atoms with Gasteiger partial charge >= 0.3 is 5.97 Å². The first-order chi connectivity index (χ1) is 17.2. The van der Waals surface area contributed by atoms with Gasteiger partial charge in [-0.15, -0.1) is 0 Å². The molecular formula is C31H35N2O3+. The fourth-order valence-electron chi connectivity index (χ4n) is 4.93. The molecule has 0 atom stereocenters. The molecular weight excluding hydrogens is 448 g/mol. The van der Waals surface area contributed by atoms with Crippen LogP contribution >= 0.6 is 0 Å². The smallest absolute Gasteiger partial charge is 0.353 e. The second-order valence-electron chi connectivity index (χ2n) is 10.9. The maximum atomic E-state index is 12.8. The van der Waals surface area contributed by atoms with Crippen molar-refractivity contribution in [3.63, 3.8) is 0 Å². The molecule has 5 nitrogen and oxygen atoms in total. The van der Waals surface area contributed by atoms with Crippen molar-refractivity contribution < 1.29 is 20.0 Å². The summed E-state index contributed by atoms with van der Waals surface area (Å²) >= 11 is 0. The van der Waals surface area contributed by atoms with E-state index in [0.717, 1.165) is 45.9 Å². The average Bonchev–Trinajstić information content (AvgIpc) is 3.64. The topological polar surface area (TPSA) is 68.1 Å². The third-order valence-corrected chi connectivity index (χ3v) is 7.15. The number of benzene rings is 3. The Labute approximate surface area is 212 Å². The number of carboxylic acid groups (broad SMARTS) is 1. The predicted octanol–water partition coefficient (Wildman–Crippen LogP) is 5.59. The fourth-order valence-corrected chi connectivity index (χ4v) is 4.93. The van der Waals surface area contributed by atoms with Crippen LogP contribution in [0.15, 0.2) is 66.7 Å². The van der Waals surface area contributed by atoms with Crippen molar-refractivity contribution in [3.8, 4) is 16.9 Å². The van der Waals surface area contributed by atoms with E-state index in [1.165, 1.54) is 24.0 Å². The van der Waals surface area contributed by atoms with E-state index in [0.29, 0.717) is 12.2 Å².